The van der Waals surface area contributed by atoms with Gasteiger partial charge >= 0.3 is 5.97 Å². The van der Waals surface area contributed by atoms with Crippen LogP contribution in [0.3, 0.4) is 0 Å². The van der Waals surface area contributed by atoms with Gasteiger partial charge in [-0.05, 0) is 30.5 Å². The fourth-order valence-electron chi connectivity index (χ4n) is 1.97. The molecule has 0 amide bonds. The van der Waals surface area contributed by atoms with E-state index in [9.17, 15) is 9.90 Å². The highest BCUT2D eigenvalue weighted by Gasteiger charge is 2.20. The molecular formula is C14H21NO3. The molecule has 0 bridgehead atoms. The number of carboxylic acids is 1. The summed E-state index contributed by atoms with van der Waals surface area (Å²) in [4.78, 5) is 11.1. The van der Waals surface area contributed by atoms with Crippen molar-refractivity contribution in [2.45, 2.75) is 45.2 Å². The van der Waals surface area contributed by atoms with Gasteiger partial charge < -0.3 is 10.2 Å². The van der Waals surface area contributed by atoms with Crippen LogP contribution in [-0.2, 0) is 4.79 Å². The van der Waals surface area contributed by atoms with Gasteiger partial charge in [0.25, 0.3) is 0 Å². The molecule has 1 aromatic carbocycles. The zero-order valence-electron chi connectivity index (χ0n) is 10.9. The average molecular weight is 251 g/mol. The van der Waals surface area contributed by atoms with Crippen LogP contribution in [0.1, 0.15) is 44.7 Å². The number of aliphatic carboxylic acids is 1. The summed E-state index contributed by atoms with van der Waals surface area (Å²) in [5.74, 6) is -0.592. The van der Waals surface area contributed by atoms with E-state index < -0.39 is 12.0 Å². The summed E-state index contributed by atoms with van der Waals surface area (Å²) in [7, 11) is 0. The van der Waals surface area contributed by atoms with E-state index in [2.05, 4.69) is 5.32 Å². The molecule has 100 valence electrons. The topological polar surface area (TPSA) is 69.6 Å². The van der Waals surface area contributed by atoms with Gasteiger partial charge in [-0.3, -0.25) is 10.1 Å². The number of nitrogens with one attached hydrogen (secondary N) is 1. The Labute approximate surface area is 108 Å². The predicted molar refractivity (Wildman–Crippen MR) is 70.6 cm³/mol. The minimum Gasteiger partial charge on any atom is -0.508 e. The molecule has 4 nitrogen and oxygen atoms in total. The zero-order chi connectivity index (χ0) is 13.5. The molecule has 0 aliphatic heterocycles. The summed E-state index contributed by atoms with van der Waals surface area (Å²) in [6.07, 6.45) is 2.25. The van der Waals surface area contributed by atoms with Crippen LogP contribution in [0, 0.1) is 0 Å². The van der Waals surface area contributed by atoms with Crippen molar-refractivity contribution in [3.63, 3.8) is 0 Å². The van der Waals surface area contributed by atoms with Crippen molar-refractivity contribution in [1.29, 1.82) is 0 Å². The van der Waals surface area contributed by atoms with E-state index in [4.69, 9.17) is 5.11 Å². The van der Waals surface area contributed by atoms with Gasteiger partial charge in [-0.15, -0.1) is 0 Å². The molecule has 0 heterocycles. The van der Waals surface area contributed by atoms with Crippen molar-refractivity contribution in [2.75, 3.05) is 0 Å². The number of aromatic hydroxyl groups is 1. The Balaban J connectivity index is 2.76. The van der Waals surface area contributed by atoms with Crippen LogP contribution in [0.25, 0.3) is 0 Å². The molecule has 2 unspecified atom stereocenters. The number of hydrogen-bond donors (Lipinski definition) is 3. The minimum absolute atomic E-state index is 0.00162. The molecule has 0 fully saturated rings. The smallest absolute Gasteiger partial charge is 0.320 e. The van der Waals surface area contributed by atoms with E-state index in [0.29, 0.717) is 6.42 Å². The lowest BCUT2D eigenvalue weighted by Gasteiger charge is -2.22. The molecule has 4 heteroatoms. The van der Waals surface area contributed by atoms with Crippen molar-refractivity contribution in [3.8, 4) is 5.75 Å². The lowest BCUT2D eigenvalue weighted by molar-refractivity contribution is -0.139. The first kappa shape index (κ1) is 14.5. The number of rotatable bonds is 7. The molecule has 0 radical (unpaired) electrons. The largest absolute Gasteiger partial charge is 0.508 e. The molecule has 0 aromatic heterocycles. The van der Waals surface area contributed by atoms with Crippen molar-refractivity contribution in [1.82, 2.24) is 5.32 Å². The summed E-state index contributed by atoms with van der Waals surface area (Å²) in [6, 6.07) is 6.36. The molecule has 3 N–H and O–H groups in total. The first-order valence-electron chi connectivity index (χ1n) is 6.36. The molecule has 2 atom stereocenters. The van der Waals surface area contributed by atoms with E-state index >= 15 is 0 Å². The molecule has 0 spiro atoms. The lowest BCUT2D eigenvalue weighted by Crippen LogP contribution is -2.38. The van der Waals surface area contributed by atoms with Crippen LogP contribution in [0.5, 0.6) is 5.75 Å². The monoisotopic (exact) mass is 251 g/mol. The van der Waals surface area contributed by atoms with Gasteiger partial charge in [-0.25, -0.2) is 0 Å². The molecule has 1 aromatic rings. The summed E-state index contributed by atoms with van der Waals surface area (Å²) >= 11 is 0. The van der Waals surface area contributed by atoms with Gasteiger partial charge in [0.2, 0.25) is 0 Å². The van der Waals surface area contributed by atoms with Gasteiger partial charge in [-0.2, -0.15) is 0 Å². The standard InChI is InChI=1S/C14H21NO3/c1-3-5-13(14(17)18)15-12(4-2)10-6-8-11(16)9-7-10/h6-9,12-13,15-16H,3-5H2,1-2H3,(H,17,18). The molecular weight excluding hydrogens is 230 g/mol. The number of benzene rings is 1. The van der Waals surface area contributed by atoms with Crippen LogP contribution in [0.2, 0.25) is 0 Å². The second-order valence-corrected chi connectivity index (χ2v) is 4.40. The predicted octanol–water partition coefficient (Wildman–Crippen LogP) is 2.69. The normalized spacial score (nSPS) is 14.1. The highest BCUT2D eigenvalue weighted by Crippen LogP contribution is 2.20. The SMILES string of the molecule is CCCC(NC(CC)c1ccc(O)cc1)C(=O)O. The number of hydrogen-bond acceptors (Lipinski definition) is 3. The van der Waals surface area contributed by atoms with E-state index in [0.717, 1.165) is 18.4 Å². The average Bonchev–Trinajstić information content (AvgIpc) is 2.35. The van der Waals surface area contributed by atoms with Crippen molar-refractivity contribution >= 4 is 5.97 Å². The third kappa shape index (κ3) is 4.04. The van der Waals surface area contributed by atoms with E-state index in [-0.39, 0.29) is 11.8 Å². The summed E-state index contributed by atoms with van der Waals surface area (Å²) in [5.41, 5.74) is 0.998. The number of phenolic OH excluding ortho intramolecular Hbond substituents is 1. The zero-order valence-corrected chi connectivity index (χ0v) is 10.9. The van der Waals surface area contributed by atoms with E-state index in [1.165, 1.54) is 0 Å². The Morgan fingerprint density at radius 2 is 1.89 bits per heavy atom. The lowest BCUT2D eigenvalue weighted by atomic mass is 10.0. The van der Waals surface area contributed by atoms with Crippen LogP contribution < -0.4 is 5.32 Å². The number of carboxylic acid groups (broad SMARTS) is 1. The Morgan fingerprint density at radius 1 is 1.28 bits per heavy atom. The van der Waals surface area contributed by atoms with E-state index in [1.807, 2.05) is 26.0 Å². The van der Waals surface area contributed by atoms with Crippen LogP contribution in [0.4, 0.5) is 0 Å². The Kier molecular flexibility index (Phi) is 5.65. The maximum atomic E-state index is 11.1. The second kappa shape index (κ2) is 7.01. The van der Waals surface area contributed by atoms with E-state index in [1.54, 1.807) is 12.1 Å². The van der Waals surface area contributed by atoms with Gasteiger partial charge in [0.1, 0.15) is 11.8 Å². The fourth-order valence-corrected chi connectivity index (χ4v) is 1.97. The number of phenols is 1. The quantitative estimate of drug-likeness (QED) is 0.697. The Morgan fingerprint density at radius 3 is 2.33 bits per heavy atom. The number of carbonyl (C=O) groups is 1. The fraction of sp³-hybridized carbons (Fsp3) is 0.500. The minimum atomic E-state index is -0.811. The van der Waals surface area contributed by atoms with Gasteiger partial charge in [0, 0.05) is 6.04 Å². The first-order valence-corrected chi connectivity index (χ1v) is 6.36. The molecule has 0 saturated heterocycles. The van der Waals surface area contributed by atoms with Crippen molar-refractivity contribution < 1.29 is 15.0 Å². The summed E-state index contributed by atoms with van der Waals surface area (Å²) in [6.45, 7) is 3.98. The molecule has 0 aliphatic rings. The summed E-state index contributed by atoms with van der Waals surface area (Å²) in [5, 5.41) is 21.5. The molecule has 18 heavy (non-hydrogen) atoms. The van der Waals surface area contributed by atoms with Crippen LogP contribution in [0.15, 0.2) is 24.3 Å². The highest BCUT2D eigenvalue weighted by atomic mass is 16.4. The molecule has 1 rings (SSSR count). The Bertz CT molecular complexity index is 375. The first-order chi connectivity index (χ1) is 8.58. The van der Waals surface area contributed by atoms with Gasteiger partial charge in [0.05, 0.1) is 0 Å². The maximum absolute atomic E-state index is 11.1. The van der Waals surface area contributed by atoms with Crippen molar-refractivity contribution in [2.24, 2.45) is 0 Å². The second-order valence-electron chi connectivity index (χ2n) is 4.40. The highest BCUT2D eigenvalue weighted by molar-refractivity contribution is 5.73. The molecule has 0 aliphatic carbocycles. The van der Waals surface area contributed by atoms with Crippen LogP contribution in [-0.4, -0.2) is 22.2 Å². The Hall–Kier alpha value is -1.55. The van der Waals surface area contributed by atoms with Crippen LogP contribution >= 0.6 is 0 Å². The maximum Gasteiger partial charge on any atom is 0.320 e. The summed E-state index contributed by atoms with van der Waals surface area (Å²) < 4.78 is 0. The third-order valence-electron chi connectivity index (χ3n) is 2.98. The van der Waals surface area contributed by atoms with Gasteiger partial charge in [0.15, 0.2) is 0 Å². The molecule has 0 saturated carbocycles. The third-order valence-corrected chi connectivity index (χ3v) is 2.98. The van der Waals surface area contributed by atoms with Crippen molar-refractivity contribution in [3.05, 3.63) is 29.8 Å². The van der Waals surface area contributed by atoms with Gasteiger partial charge in [-0.1, -0.05) is 32.4 Å².